The van der Waals surface area contributed by atoms with Gasteiger partial charge in [0.2, 0.25) is 0 Å². The Hall–Kier alpha value is -1.27. The maximum Gasteiger partial charge on any atom is 0.137 e. The zero-order chi connectivity index (χ0) is 11.8. The minimum Gasteiger partial charge on any atom is -0.369 e. The van der Waals surface area contributed by atoms with Crippen LogP contribution in [0.1, 0.15) is 32.3 Å². The van der Waals surface area contributed by atoms with E-state index in [4.69, 9.17) is 11.6 Å². The molecule has 1 heterocycles. The van der Waals surface area contributed by atoms with Crippen molar-refractivity contribution in [3.63, 3.8) is 0 Å². The summed E-state index contributed by atoms with van der Waals surface area (Å²) >= 11 is 6.03. The Morgan fingerprint density at radius 2 is 2.25 bits per heavy atom. The van der Waals surface area contributed by atoms with Crippen molar-refractivity contribution in [3.8, 4) is 11.8 Å². The first-order valence-electron chi connectivity index (χ1n) is 5.42. The first-order chi connectivity index (χ1) is 7.79. The lowest BCUT2D eigenvalue weighted by atomic mass is 10.2. The second-order valence-corrected chi connectivity index (χ2v) is 3.70. The molecule has 86 valence electrons. The van der Waals surface area contributed by atoms with E-state index in [0.29, 0.717) is 5.15 Å². The topological polar surface area (TPSA) is 37.8 Å². The van der Waals surface area contributed by atoms with Gasteiger partial charge in [0.25, 0.3) is 0 Å². The van der Waals surface area contributed by atoms with E-state index in [-0.39, 0.29) is 0 Å². The van der Waals surface area contributed by atoms with Gasteiger partial charge in [-0.1, -0.05) is 24.9 Å². The minimum atomic E-state index is 0.543. The Balaban J connectivity index is 2.69. The van der Waals surface area contributed by atoms with Gasteiger partial charge >= 0.3 is 0 Å². The van der Waals surface area contributed by atoms with E-state index in [1.54, 1.807) is 0 Å². The van der Waals surface area contributed by atoms with Crippen LogP contribution in [0.15, 0.2) is 6.33 Å². The normalized spacial score (nSPS) is 9.44. The van der Waals surface area contributed by atoms with Gasteiger partial charge in [-0.3, -0.25) is 0 Å². The summed E-state index contributed by atoms with van der Waals surface area (Å²) in [6.07, 6.45) is 4.21. The Morgan fingerprint density at radius 3 is 2.94 bits per heavy atom. The number of anilines is 1. The molecular weight excluding hydrogens is 222 g/mol. The Labute approximate surface area is 102 Å². The fourth-order valence-electron chi connectivity index (χ4n) is 1.38. The number of nitrogens with zero attached hydrogens (tertiary/aromatic N) is 2. The highest BCUT2D eigenvalue weighted by atomic mass is 35.5. The van der Waals surface area contributed by atoms with Crippen molar-refractivity contribution in [1.82, 2.24) is 9.97 Å². The van der Waals surface area contributed by atoms with E-state index >= 15 is 0 Å². The molecule has 0 saturated carbocycles. The molecule has 3 nitrogen and oxygen atoms in total. The van der Waals surface area contributed by atoms with Crippen LogP contribution in [0, 0.1) is 11.8 Å². The van der Waals surface area contributed by atoms with Gasteiger partial charge in [0.1, 0.15) is 17.3 Å². The van der Waals surface area contributed by atoms with Crippen LogP contribution in [0.4, 0.5) is 5.82 Å². The van der Waals surface area contributed by atoms with E-state index in [2.05, 4.69) is 34.0 Å². The van der Waals surface area contributed by atoms with Crippen LogP contribution in [0.5, 0.6) is 0 Å². The van der Waals surface area contributed by atoms with Gasteiger partial charge in [-0.2, -0.15) is 0 Å². The van der Waals surface area contributed by atoms with Crippen LogP contribution in [-0.2, 0) is 6.42 Å². The quantitative estimate of drug-likeness (QED) is 0.486. The van der Waals surface area contributed by atoms with Crippen LogP contribution >= 0.6 is 11.6 Å². The summed E-state index contributed by atoms with van der Waals surface area (Å²) in [5.74, 6) is 6.69. The number of nitrogens with one attached hydrogen (secondary N) is 1. The van der Waals surface area contributed by atoms with Crippen LogP contribution in [0.2, 0.25) is 5.15 Å². The predicted octanol–water partition coefficient (Wildman–Crippen LogP) is 2.91. The number of hydrogen-bond donors (Lipinski definition) is 1. The monoisotopic (exact) mass is 237 g/mol. The van der Waals surface area contributed by atoms with Crippen molar-refractivity contribution < 1.29 is 0 Å². The summed E-state index contributed by atoms with van der Waals surface area (Å²) in [5.41, 5.74) is 0.996. The molecule has 0 atom stereocenters. The van der Waals surface area contributed by atoms with Gasteiger partial charge in [-0.15, -0.1) is 11.8 Å². The molecule has 0 spiro atoms. The average molecular weight is 238 g/mol. The molecule has 1 rings (SSSR count). The standard InChI is InChI=1S/C12H16ClN3/c1-3-5-6-8-14-12-10(7-4-2)11(13)15-9-16-12/h9H,4,6-8H2,1-2H3,(H,14,15,16). The number of aromatic nitrogens is 2. The molecule has 1 aromatic heterocycles. The molecule has 0 bridgehead atoms. The van der Waals surface area contributed by atoms with Crippen molar-refractivity contribution in [2.24, 2.45) is 0 Å². The summed E-state index contributed by atoms with van der Waals surface area (Å²) in [6.45, 7) is 4.73. The zero-order valence-electron chi connectivity index (χ0n) is 9.68. The Kier molecular flexibility index (Phi) is 5.66. The predicted molar refractivity (Wildman–Crippen MR) is 67.6 cm³/mol. The fraction of sp³-hybridized carbons (Fsp3) is 0.500. The number of hydrogen-bond acceptors (Lipinski definition) is 3. The summed E-state index contributed by atoms with van der Waals surface area (Å²) in [4.78, 5) is 8.19. The third-order valence-electron chi connectivity index (χ3n) is 2.11. The molecule has 4 heteroatoms. The maximum atomic E-state index is 6.03. The lowest BCUT2D eigenvalue weighted by Gasteiger charge is -2.09. The molecule has 16 heavy (non-hydrogen) atoms. The summed E-state index contributed by atoms with van der Waals surface area (Å²) in [6, 6.07) is 0. The van der Waals surface area contributed by atoms with Crippen LogP contribution in [0.3, 0.4) is 0 Å². The fourth-order valence-corrected chi connectivity index (χ4v) is 1.61. The molecule has 0 saturated heterocycles. The summed E-state index contributed by atoms with van der Waals surface area (Å²) < 4.78 is 0. The van der Waals surface area contributed by atoms with E-state index in [1.807, 2.05) is 6.92 Å². The van der Waals surface area contributed by atoms with E-state index in [1.165, 1.54) is 6.33 Å². The maximum absolute atomic E-state index is 6.03. The third kappa shape index (κ3) is 3.71. The third-order valence-corrected chi connectivity index (χ3v) is 2.44. The van der Waals surface area contributed by atoms with Gasteiger partial charge in [-0.25, -0.2) is 9.97 Å². The van der Waals surface area contributed by atoms with Gasteiger partial charge < -0.3 is 5.32 Å². The summed E-state index contributed by atoms with van der Waals surface area (Å²) in [7, 11) is 0. The Morgan fingerprint density at radius 1 is 1.44 bits per heavy atom. The van der Waals surface area contributed by atoms with E-state index in [0.717, 1.165) is 37.2 Å². The highest BCUT2D eigenvalue weighted by Crippen LogP contribution is 2.21. The van der Waals surface area contributed by atoms with Crippen molar-refractivity contribution in [2.45, 2.75) is 33.1 Å². The van der Waals surface area contributed by atoms with Crippen molar-refractivity contribution in [1.29, 1.82) is 0 Å². The molecule has 0 aliphatic rings. The highest BCUT2D eigenvalue weighted by Gasteiger charge is 2.07. The first kappa shape index (κ1) is 12.8. The van der Waals surface area contributed by atoms with Gasteiger partial charge in [0.05, 0.1) is 0 Å². The van der Waals surface area contributed by atoms with Gasteiger partial charge in [0.15, 0.2) is 0 Å². The minimum absolute atomic E-state index is 0.543. The van der Waals surface area contributed by atoms with Gasteiger partial charge in [-0.05, 0) is 13.3 Å². The molecule has 1 N–H and O–H groups in total. The van der Waals surface area contributed by atoms with Crippen LogP contribution in [0.25, 0.3) is 0 Å². The molecule has 0 aliphatic carbocycles. The van der Waals surface area contributed by atoms with Crippen LogP contribution in [-0.4, -0.2) is 16.5 Å². The lowest BCUT2D eigenvalue weighted by molar-refractivity contribution is 0.896. The molecule has 0 radical (unpaired) electrons. The lowest BCUT2D eigenvalue weighted by Crippen LogP contribution is -2.07. The van der Waals surface area contributed by atoms with Crippen molar-refractivity contribution in [3.05, 3.63) is 17.0 Å². The van der Waals surface area contributed by atoms with E-state index in [9.17, 15) is 0 Å². The molecule has 0 unspecified atom stereocenters. The van der Waals surface area contributed by atoms with Crippen LogP contribution < -0.4 is 5.32 Å². The average Bonchev–Trinajstić information content (AvgIpc) is 2.29. The molecule has 1 aromatic rings. The second-order valence-electron chi connectivity index (χ2n) is 3.35. The Bertz CT molecular complexity index is 393. The molecule has 0 aromatic carbocycles. The molecule has 0 aliphatic heterocycles. The smallest absolute Gasteiger partial charge is 0.137 e. The van der Waals surface area contributed by atoms with Crippen molar-refractivity contribution >= 4 is 17.4 Å². The van der Waals surface area contributed by atoms with Crippen molar-refractivity contribution in [2.75, 3.05) is 11.9 Å². The number of rotatable bonds is 5. The molecule has 0 fully saturated rings. The SMILES string of the molecule is CC#CCCNc1ncnc(Cl)c1CCC. The first-order valence-corrected chi connectivity index (χ1v) is 5.80. The summed E-state index contributed by atoms with van der Waals surface area (Å²) in [5, 5.41) is 3.78. The number of halogens is 1. The zero-order valence-corrected chi connectivity index (χ0v) is 10.4. The van der Waals surface area contributed by atoms with Gasteiger partial charge in [0, 0.05) is 18.5 Å². The largest absolute Gasteiger partial charge is 0.369 e. The highest BCUT2D eigenvalue weighted by molar-refractivity contribution is 6.30. The van der Waals surface area contributed by atoms with E-state index < -0.39 is 0 Å². The molecular formula is C12H16ClN3. The molecule has 0 amide bonds. The second kappa shape index (κ2) is 7.08.